The fourth-order valence-corrected chi connectivity index (χ4v) is 3.33. The molecule has 1 aromatic carbocycles. The molecular weight excluding hydrogens is 524 g/mol. The third-order valence-corrected chi connectivity index (χ3v) is 4.95. The zero-order valence-electron chi connectivity index (χ0n) is 15.2. The smallest absolute Gasteiger partial charge is 0.0251 e. The summed E-state index contributed by atoms with van der Waals surface area (Å²) in [5, 5.41) is 0. The number of aryl methyl sites for hydroxylation is 1. The van der Waals surface area contributed by atoms with E-state index in [-0.39, 0.29) is 53.4 Å². The summed E-state index contributed by atoms with van der Waals surface area (Å²) in [7, 11) is -0.592. The van der Waals surface area contributed by atoms with Crippen LogP contribution in [-0.2, 0) is 19.5 Å². The molecule has 0 fully saturated rings. The molecule has 0 aliphatic rings. The van der Waals surface area contributed by atoms with Crippen LogP contribution in [0.15, 0.2) is 24.3 Å². The van der Waals surface area contributed by atoms with Crippen LogP contribution < -0.4 is 0 Å². The Labute approximate surface area is 179 Å². The molecular formula is C18H35Br2OPRu. The van der Waals surface area contributed by atoms with Gasteiger partial charge in [0.25, 0.3) is 0 Å². The minimum absolute atomic E-state index is 0. The maximum absolute atomic E-state index is 9.38. The van der Waals surface area contributed by atoms with E-state index in [9.17, 15) is 4.89 Å². The van der Waals surface area contributed by atoms with Gasteiger partial charge in [0.1, 0.15) is 0 Å². The summed E-state index contributed by atoms with van der Waals surface area (Å²) in [5.74, 6) is 0.653. The first kappa shape index (κ1) is 31.9. The SMILES string of the molecule is Br.Br.CCCCP(O)CCCC.Cc1ccc(C(C)C)cc1.[Ru]. The van der Waals surface area contributed by atoms with Gasteiger partial charge in [0.15, 0.2) is 0 Å². The third-order valence-electron chi connectivity index (χ3n) is 3.28. The van der Waals surface area contributed by atoms with Gasteiger partial charge in [-0.05, 0) is 43.6 Å². The Bertz CT molecular complexity index is 326. The molecule has 1 nitrogen and oxygen atoms in total. The fraction of sp³-hybridized carbons (Fsp3) is 0.667. The minimum atomic E-state index is -0.592. The van der Waals surface area contributed by atoms with Gasteiger partial charge in [0.05, 0.1) is 0 Å². The van der Waals surface area contributed by atoms with Crippen molar-refractivity contribution in [1.29, 1.82) is 0 Å². The van der Waals surface area contributed by atoms with E-state index in [1.807, 2.05) is 0 Å². The van der Waals surface area contributed by atoms with E-state index >= 15 is 0 Å². The Morgan fingerprint density at radius 1 is 0.913 bits per heavy atom. The van der Waals surface area contributed by atoms with Crippen LogP contribution in [-0.4, -0.2) is 17.2 Å². The van der Waals surface area contributed by atoms with Crippen molar-refractivity contribution in [3.8, 4) is 0 Å². The maximum Gasteiger partial charge on any atom is 0.0251 e. The summed E-state index contributed by atoms with van der Waals surface area (Å²) in [6, 6.07) is 8.71. The van der Waals surface area contributed by atoms with Crippen molar-refractivity contribution in [2.45, 2.75) is 66.2 Å². The molecule has 0 saturated carbocycles. The van der Waals surface area contributed by atoms with Crippen LogP contribution in [0.2, 0.25) is 0 Å². The second-order valence-corrected chi connectivity index (χ2v) is 7.63. The molecule has 0 atom stereocenters. The van der Waals surface area contributed by atoms with Gasteiger partial charge in [0, 0.05) is 27.6 Å². The predicted molar refractivity (Wildman–Crippen MR) is 115 cm³/mol. The van der Waals surface area contributed by atoms with Gasteiger partial charge in [0.2, 0.25) is 0 Å². The summed E-state index contributed by atoms with van der Waals surface area (Å²) >= 11 is 0. The molecule has 1 aromatic rings. The van der Waals surface area contributed by atoms with Crippen molar-refractivity contribution in [3.05, 3.63) is 35.4 Å². The molecule has 0 aliphatic carbocycles. The molecule has 0 heterocycles. The van der Waals surface area contributed by atoms with Crippen molar-refractivity contribution in [3.63, 3.8) is 0 Å². The Morgan fingerprint density at radius 2 is 1.30 bits per heavy atom. The molecule has 23 heavy (non-hydrogen) atoms. The summed E-state index contributed by atoms with van der Waals surface area (Å²) in [5.41, 5.74) is 2.76. The Kier molecular flexibility index (Phi) is 29.5. The van der Waals surface area contributed by atoms with Gasteiger partial charge in [-0.15, -0.1) is 34.0 Å². The molecule has 1 rings (SSSR count). The van der Waals surface area contributed by atoms with Crippen molar-refractivity contribution in [1.82, 2.24) is 0 Å². The van der Waals surface area contributed by atoms with E-state index in [1.54, 1.807) is 0 Å². The molecule has 0 unspecified atom stereocenters. The predicted octanol–water partition coefficient (Wildman–Crippen LogP) is 7.25. The first-order valence-corrected chi connectivity index (χ1v) is 9.68. The zero-order chi connectivity index (χ0) is 15.4. The number of halogens is 2. The topological polar surface area (TPSA) is 20.2 Å². The van der Waals surface area contributed by atoms with Crippen LogP contribution >= 0.6 is 42.1 Å². The largest absolute Gasteiger partial charge is 0.374 e. The zero-order valence-corrected chi connectivity index (χ0v) is 21.3. The van der Waals surface area contributed by atoms with Crippen LogP contribution in [0.4, 0.5) is 0 Å². The molecule has 5 heteroatoms. The number of rotatable bonds is 7. The minimum Gasteiger partial charge on any atom is -0.374 e. The molecule has 1 N–H and O–H groups in total. The average molecular weight is 559 g/mol. The number of hydrogen-bond acceptors (Lipinski definition) is 1. The van der Waals surface area contributed by atoms with Gasteiger partial charge < -0.3 is 4.89 Å². The maximum atomic E-state index is 9.38. The second-order valence-electron chi connectivity index (χ2n) is 5.73. The molecule has 0 saturated heterocycles. The van der Waals surface area contributed by atoms with E-state index in [0.29, 0.717) is 5.92 Å². The van der Waals surface area contributed by atoms with E-state index < -0.39 is 8.15 Å². The second kappa shape index (κ2) is 21.2. The molecule has 140 valence electrons. The van der Waals surface area contributed by atoms with Crippen molar-refractivity contribution in [2.75, 3.05) is 12.3 Å². The Balaban J connectivity index is -0.000000139. The van der Waals surface area contributed by atoms with Crippen molar-refractivity contribution < 1.29 is 24.4 Å². The molecule has 0 radical (unpaired) electrons. The van der Waals surface area contributed by atoms with Gasteiger partial charge in [-0.1, -0.05) is 70.4 Å². The van der Waals surface area contributed by atoms with E-state index in [1.165, 1.54) is 36.8 Å². The Morgan fingerprint density at radius 3 is 1.61 bits per heavy atom. The van der Waals surface area contributed by atoms with E-state index in [0.717, 1.165) is 12.3 Å². The van der Waals surface area contributed by atoms with Gasteiger partial charge in [-0.2, -0.15) is 0 Å². The van der Waals surface area contributed by atoms with Crippen molar-refractivity contribution in [2.24, 2.45) is 0 Å². The number of benzene rings is 1. The van der Waals surface area contributed by atoms with Crippen LogP contribution in [0.25, 0.3) is 0 Å². The van der Waals surface area contributed by atoms with Gasteiger partial charge in [-0.25, -0.2) is 0 Å². The van der Waals surface area contributed by atoms with Crippen molar-refractivity contribution >= 4 is 42.1 Å². The molecule has 0 amide bonds. The van der Waals surface area contributed by atoms with Crippen LogP contribution in [0.3, 0.4) is 0 Å². The first-order valence-electron chi connectivity index (χ1n) is 8.01. The Hall–Kier alpha value is 1.19. The molecule has 0 aliphatic heterocycles. The normalized spacial score (nSPS) is 9.22. The molecule has 0 bridgehead atoms. The van der Waals surface area contributed by atoms with Gasteiger partial charge in [-0.3, -0.25) is 0 Å². The third kappa shape index (κ3) is 19.4. The quantitative estimate of drug-likeness (QED) is 0.276. The van der Waals surface area contributed by atoms with Crippen LogP contribution in [0.5, 0.6) is 0 Å². The summed E-state index contributed by atoms with van der Waals surface area (Å²) < 4.78 is 0. The van der Waals surface area contributed by atoms with Gasteiger partial charge >= 0.3 is 0 Å². The fourth-order valence-electron chi connectivity index (χ4n) is 1.74. The standard InChI is InChI=1S/C10H14.C8H19OP.2BrH.Ru/c1-8(2)10-6-4-9(3)5-7-10;1-3-5-7-10(9)8-6-4-2;;;/h4-8H,1-3H3;9H,3-8H2,1-2H3;2*1H;. The monoisotopic (exact) mass is 558 g/mol. The summed E-state index contributed by atoms with van der Waals surface area (Å²) in [6.45, 7) is 10.9. The van der Waals surface area contributed by atoms with Crippen LogP contribution in [0, 0.1) is 6.92 Å². The number of hydrogen-bond donors (Lipinski definition) is 1. The number of unbranched alkanes of at least 4 members (excludes halogenated alkanes) is 2. The first-order chi connectivity index (χ1) is 9.51. The van der Waals surface area contributed by atoms with E-state index in [2.05, 4.69) is 58.9 Å². The van der Waals surface area contributed by atoms with Crippen LogP contribution in [0.1, 0.15) is 70.4 Å². The molecule has 0 aromatic heterocycles. The molecule has 0 spiro atoms. The summed E-state index contributed by atoms with van der Waals surface area (Å²) in [6.07, 6.45) is 6.95. The summed E-state index contributed by atoms with van der Waals surface area (Å²) in [4.78, 5) is 9.38. The average Bonchev–Trinajstić information content (AvgIpc) is 2.44. The van der Waals surface area contributed by atoms with E-state index in [4.69, 9.17) is 0 Å².